The average Bonchev–Trinajstić information content (AvgIpc) is 2.46. The summed E-state index contributed by atoms with van der Waals surface area (Å²) in [4.78, 5) is 13.4. The highest BCUT2D eigenvalue weighted by atomic mass is 35.5. The van der Waals surface area contributed by atoms with E-state index in [9.17, 15) is 18.0 Å². The molecule has 0 atom stereocenters. The fraction of sp³-hybridized carbons (Fsp3) is 0.188. The van der Waals surface area contributed by atoms with Crippen LogP contribution in [0.5, 0.6) is 0 Å². The summed E-state index contributed by atoms with van der Waals surface area (Å²) in [5, 5.41) is 2.60. The standard InChI is InChI=1S/C16H14ClF3N2O/c1-22(8-11-12(17)3-2-4-13(11)19)9-16(23)21-15-6-5-10(18)7-14(15)20/h2-7H,8-9H2,1H3,(H,21,23). The van der Waals surface area contributed by atoms with Gasteiger partial charge >= 0.3 is 0 Å². The number of hydrogen-bond acceptors (Lipinski definition) is 2. The van der Waals surface area contributed by atoms with Crippen molar-refractivity contribution in [3.8, 4) is 0 Å². The number of benzene rings is 2. The number of likely N-dealkylation sites (N-methyl/N-ethyl adjacent to an activating group) is 1. The molecule has 0 aromatic heterocycles. The molecule has 0 spiro atoms. The van der Waals surface area contributed by atoms with Crippen LogP contribution in [0.2, 0.25) is 5.02 Å². The fourth-order valence-corrected chi connectivity index (χ4v) is 2.26. The summed E-state index contributed by atoms with van der Waals surface area (Å²) in [7, 11) is 1.60. The lowest BCUT2D eigenvalue weighted by Gasteiger charge is -2.17. The molecule has 0 heterocycles. The number of halogens is 4. The summed E-state index contributed by atoms with van der Waals surface area (Å²) in [5.41, 5.74) is 0.158. The third-order valence-electron chi connectivity index (χ3n) is 3.11. The first-order valence-electron chi connectivity index (χ1n) is 6.73. The molecule has 0 fully saturated rings. The number of nitrogens with zero attached hydrogens (tertiary/aromatic N) is 1. The highest BCUT2D eigenvalue weighted by Crippen LogP contribution is 2.20. The van der Waals surface area contributed by atoms with E-state index in [0.717, 1.165) is 12.1 Å². The van der Waals surface area contributed by atoms with Gasteiger partial charge in [0, 0.05) is 23.2 Å². The summed E-state index contributed by atoms with van der Waals surface area (Å²) >= 11 is 5.92. The van der Waals surface area contributed by atoms with E-state index in [1.54, 1.807) is 13.1 Å². The zero-order chi connectivity index (χ0) is 17.0. The SMILES string of the molecule is CN(CC(=O)Nc1ccc(F)cc1F)Cc1c(F)cccc1Cl. The van der Waals surface area contributed by atoms with Gasteiger partial charge in [-0.05, 0) is 31.3 Å². The van der Waals surface area contributed by atoms with E-state index in [0.29, 0.717) is 6.07 Å². The summed E-state index contributed by atoms with van der Waals surface area (Å²) in [6.45, 7) is 0.00626. The molecule has 0 saturated carbocycles. The van der Waals surface area contributed by atoms with Crippen molar-refractivity contribution in [3.63, 3.8) is 0 Å². The Bertz CT molecular complexity index is 704. The van der Waals surface area contributed by atoms with Gasteiger partial charge in [0.25, 0.3) is 0 Å². The number of nitrogens with one attached hydrogen (secondary N) is 1. The summed E-state index contributed by atoms with van der Waals surface area (Å²) in [6.07, 6.45) is 0. The summed E-state index contributed by atoms with van der Waals surface area (Å²) < 4.78 is 40.0. The molecule has 0 unspecified atom stereocenters. The predicted molar refractivity (Wildman–Crippen MR) is 82.7 cm³/mol. The quantitative estimate of drug-likeness (QED) is 0.895. The number of rotatable bonds is 5. The van der Waals surface area contributed by atoms with Crippen LogP contribution in [0, 0.1) is 17.5 Å². The van der Waals surface area contributed by atoms with Gasteiger partial charge in [-0.15, -0.1) is 0 Å². The lowest BCUT2D eigenvalue weighted by molar-refractivity contribution is -0.117. The van der Waals surface area contributed by atoms with Gasteiger partial charge in [-0.25, -0.2) is 13.2 Å². The van der Waals surface area contributed by atoms with Crippen molar-refractivity contribution < 1.29 is 18.0 Å². The lowest BCUT2D eigenvalue weighted by atomic mass is 10.2. The first kappa shape index (κ1) is 17.3. The largest absolute Gasteiger partial charge is 0.322 e. The van der Waals surface area contributed by atoms with Crippen molar-refractivity contribution in [3.05, 3.63) is 64.4 Å². The predicted octanol–water partition coefficient (Wildman–Crippen LogP) is 3.83. The third-order valence-corrected chi connectivity index (χ3v) is 3.46. The molecule has 0 radical (unpaired) electrons. The molecule has 2 rings (SSSR count). The zero-order valence-electron chi connectivity index (χ0n) is 12.2. The van der Waals surface area contributed by atoms with Gasteiger partial charge in [0.2, 0.25) is 5.91 Å². The minimum absolute atomic E-state index is 0.110. The van der Waals surface area contributed by atoms with E-state index in [2.05, 4.69) is 5.32 Å². The van der Waals surface area contributed by atoms with Crippen LogP contribution in [0.15, 0.2) is 36.4 Å². The van der Waals surface area contributed by atoms with Crippen LogP contribution in [-0.2, 0) is 11.3 Å². The molecule has 2 aromatic carbocycles. The van der Waals surface area contributed by atoms with Gasteiger partial charge in [-0.3, -0.25) is 9.69 Å². The molecule has 0 aliphatic carbocycles. The maximum Gasteiger partial charge on any atom is 0.238 e. The van der Waals surface area contributed by atoms with Crippen molar-refractivity contribution in [1.29, 1.82) is 0 Å². The van der Waals surface area contributed by atoms with Crippen molar-refractivity contribution >= 4 is 23.2 Å². The Hall–Kier alpha value is -2.05. The number of hydrogen-bond donors (Lipinski definition) is 1. The highest BCUT2D eigenvalue weighted by Gasteiger charge is 2.14. The van der Waals surface area contributed by atoms with Gasteiger partial charge < -0.3 is 5.32 Å². The molecule has 0 aliphatic heterocycles. The van der Waals surface area contributed by atoms with Gasteiger partial charge in [-0.1, -0.05) is 17.7 Å². The van der Waals surface area contributed by atoms with Crippen LogP contribution < -0.4 is 5.32 Å². The van der Waals surface area contributed by atoms with Gasteiger partial charge in [0.15, 0.2) is 0 Å². The monoisotopic (exact) mass is 342 g/mol. The molecular formula is C16H14ClF3N2O. The van der Waals surface area contributed by atoms with Crippen LogP contribution in [0.25, 0.3) is 0 Å². The van der Waals surface area contributed by atoms with E-state index in [-0.39, 0.29) is 29.4 Å². The molecule has 3 nitrogen and oxygen atoms in total. The maximum atomic E-state index is 13.7. The minimum Gasteiger partial charge on any atom is -0.322 e. The number of amides is 1. The highest BCUT2D eigenvalue weighted by molar-refractivity contribution is 6.31. The second kappa shape index (κ2) is 7.48. The smallest absolute Gasteiger partial charge is 0.238 e. The van der Waals surface area contributed by atoms with Crippen LogP contribution >= 0.6 is 11.6 Å². The Morgan fingerprint density at radius 1 is 1.17 bits per heavy atom. The lowest BCUT2D eigenvalue weighted by Crippen LogP contribution is -2.30. The zero-order valence-corrected chi connectivity index (χ0v) is 13.0. The number of carbonyl (C=O) groups is 1. The van der Waals surface area contributed by atoms with Crippen molar-refractivity contribution in [2.24, 2.45) is 0 Å². The Morgan fingerprint density at radius 2 is 1.91 bits per heavy atom. The number of anilines is 1. The minimum atomic E-state index is -0.863. The molecular weight excluding hydrogens is 329 g/mol. The number of carbonyl (C=O) groups excluding carboxylic acids is 1. The van der Waals surface area contributed by atoms with Gasteiger partial charge in [0.1, 0.15) is 17.5 Å². The van der Waals surface area contributed by atoms with Crippen LogP contribution in [-0.4, -0.2) is 24.4 Å². The van der Waals surface area contributed by atoms with E-state index >= 15 is 0 Å². The first-order chi connectivity index (χ1) is 10.9. The second-order valence-electron chi connectivity index (χ2n) is 5.04. The summed E-state index contributed by atoms with van der Waals surface area (Å²) in [6, 6.07) is 7.19. The Morgan fingerprint density at radius 3 is 2.57 bits per heavy atom. The molecule has 23 heavy (non-hydrogen) atoms. The molecule has 0 bridgehead atoms. The van der Waals surface area contributed by atoms with Crippen LogP contribution in [0.4, 0.5) is 18.9 Å². The Kier molecular flexibility index (Phi) is 5.63. The van der Waals surface area contributed by atoms with Gasteiger partial charge in [-0.2, -0.15) is 0 Å². The fourth-order valence-electron chi connectivity index (χ4n) is 2.03. The van der Waals surface area contributed by atoms with Crippen LogP contribution in [0.1, 0.15) is 5.56 Å². The van der Waals surface area contributed by atoms with Crippen LogP contribution in [0.3, 0.4) is 0 Å². The topological polar surface area (TPSA) is 32.3 Å². The van der Waals surface area contributed by atoms with E-state index in [1.807, 2.05) is 0 Å². The maximum absolute atomic E-state index is 13.7. The Balaban J connectivity index is 1.97. The summed E-state index contributed by atoms with van der Waals surface area (Å²) in [5.74, 6) is -2.57. The van der Waals surface area contributed by atoms with Crippen molar-refractivity contribution in [1.82, 2.24) is 4.90 Å². The van der Waals surface area contributed by atoms with E-state index in [1.165, 1.54) is 17.0 Å². The van der Waals surface area contributed by atoms with Crippen molar-refractivity contribution in [2.45, 2.75) is 6.54 Å². The second-order valence-corrected chi connectivity index (χ2v) is 5.45. The molecule has 2 aromatic rings. The van der Waals surface area contributed by atoms with E-state index < -0.39 is 23.4 Å². The molecule has 122 valence electrons. The van der Waals surface area contributed by atoms with E-state index in [4.69, 9.17) is 11.6 Å². The Labute approximate surface area is 136 Å². The van der Waals surface area contributed by atoms with Gasteiger partial charge in [0.05, 0.1) is 12.2 Å². The molecule has 7 heteroatoms. The first-order valence-corrected chi connectivity index (χ1v) is 7.11. The molecule has 0 saturated heterocycles. The molecule has 1 amide bonds. The normalized spacial score (nSPS) is 10.9. The van der Waals surface area contributed by atoms with Crippen molar-refractivity contribution in [2.75, 3.05) is 18.9 Å². The third kappa shape index (κ3) is 4.71. The molecule has 0 aliphatic rings. The average molecular weight is 343 g/mol. The molecule has 1 N–H and O–H groups in total.